The Morgan fingerprint density at radius 1 is 0.650 bits per heavy atom. The number of amides is 3. The molecule has 1 aliphatic rings. The summed E-state index contributed by atoms with van der Waals surface area (Å²) in [6.45, 7) is 0.122. The predicted octanol–water partition coefficient (Wildman–Crippen LogP) is 4.35. The van der Waals surface area contributed by atoms with Gasteiger partial charge in [-0.05, 0) is 33.4 Å². The number of hydrogen-bond acceptors (Lipinski definition) is 4. The normalized spacial score (nSPS) is 13.4. The minimum atomic E-state index is -0.976. The van der Waals surface area contributed by atoms with Gasteiger partial charge in [0.15, 0.2) is 0 Å². The summed E-state index contributed by atoms with van der Waals surface area (Å²) in [5.41, 5.74) is 11.8. The number of primary amides is 1. The highest BCUT2D eigenvalue weighted by atomic mass is 16.5. The molecule has 7 heteroatoms. The molecule has 2 unspecified atom stereocenters. The number of carbonyl (C=O) groups is 3. The first-order valence-electron chi connectivity index (χ1n) is 13.3. The number of rotatable bonds is 10. The van der Waals surface area contributed by atoms with Crippen LogP contribution in [0.25, 0.3) is 11.1 Å². The Hall–Kier alpha value is -4.91. The minimum absolute atomic E-state index is 0.107. The van der Waals surface area contributed by atoms with Gasteiger partial charge in [-0.1, -0.05) is 109 Å². The van der Waals surface area contributed by atoms with Crippen molar-refractivity contribution < 1.29 is 19.1 Å². The molecule has 0 saturated carbocycles. The number of nitrogens with two attached hydrogens (primary N) is 1. The molecule has 3 amide bonds. The number of hydrogen-bond donors (Lipinski definition) is 3. The van der Waals surface area contributed by atoms with Gasteiger partial charge in [0.2, 0.25) is 11.8 Å². The Morgan fingerprint density at radius 3 is 1.65 bits per heavy atom. The quantitative estimate of drug-likeness (QED) is 0.282. The Bertz CT molecular complexity index is 1440. The molecular weight excluding hydrogens is 502 g/mol. The van der Waals surface area contributed by atoms with Crippen molar-refractivity contribution in [2.24, 2.45) is 5.73 Å². The molecule has 0 heterocycles. The third kappa shape index (κ3) is 6.21. The number of nitrogens with one attached hydrogen (secondary N) is 2. The van der Waals surface area contributed by atoms with Gasteiger partial charge in [0, 0.05) is 18.8 Å². The fourth-order valence-electron chi connectivity index (χ4n) is 5.19. The van der Waals surface area contributed by atoms with Crippen LogP contribution in [0, 0.1) is 0 Å². The fourth-order valence-corrected chi connectivity index (χ4v) is 5.19. The predicted molar refractivity (Wildman–Crippen MR) is 153 cm³/mol. The van der Waals surface area contributed by atoms with Gasteiger partial charge in [0.25, 0.3) is 0 Å². The summed E-state index contributed by atoms with van der Waals surface area (Å²) in [6.07, 6.45) is -0.255. The summed E-state index contributed by atoms with van der Waals surface area (Å²) >= 11 is 0. The van der Waals surface area contributed by atoms with Crippen LogP contribution in [-0.4, -0.2) is 36.6 Å². The topological polar surface area (TPSA) is 111 Å². The van der Waals surface area contributed by atoms with E-state index in [9.17, 15) is 14.4 Å². The lowest BCUT2D eigenvalue weighted by atomic mass is 9.98. The lowest BCUT2D eigenvalue weighted by Crippen LogP contribution is -2.54. The lowest BCUT2D eigenvalue weighted by molar-refractivity contribution is -0.128. The smallest absolute Gasteiger partial charge is 0.407 e. The standard InChI is InChI=1S/C33H31N3O4/c34-31(37)29(19-22-11-3-1-4-12-22)35-32(38)30(20-23-13-5-2-6-14-23)36-33(39)40-21-28-26-17-9-7-15-24(26)25-16-8-10-18-27(25)28/h1-18,28-30H,19-21H2,(H2,34,37)(H,35,38)(H,36,39). The second-order valence-corrected chi connectivity index (χ2v) is 9.87. The molecule has 0 radical (unpaired) electrons. The zero-order valence-corrected chi connectivity index (χ0v) is 22.0. The molecule has 7 nitrogen and oxygen atoms in total. The van der Waals surface area contributed by atoms with Crippen LogP contribution in [0.2, 0.25) is 0 Å². The van der Waals surface area contributed by atoms with Crippen LogP contribution in [-0.2, 0) is 27.2 Å². The molecule has 0 spiro atoms. The molecule has 1 aliphatic carbocycles. The second-order valence-electron chi connectivity index (χ2n) is 9.87. The van der Waals surface area contributed by atoms with Crippen LogP contribution in [0.3, 0.4) is 0 Å². The average molecular weight is 534 g/mol. The fraction of sp³-hybridized carbons (Fsp3) is 0.182. The first-order chi connectivity index (χ1) is 19.5. The Balaban J connectivity index is 1.28. The number of alkyl carbamates (subject to hydrolysis) is 1. The molecule has 5 rings (SSSR count). The van der Waals surface area contributed by atoms with E-state index in [1.165, 1.54) is 0 Å². The van der Waals surface area contributed by atoms with Gasteiger partial charge in [-0.2, -0.15) is 0 Å². The molecule has 0 fully saturated rings. The van der Waals surface area contributed by atoms with Crippen molar-refractivity contribution in [1.82, 2.24) is 10.6 Å². The summed E-state index contributed by atoms with van der Waals surface area (Å²) in [5, 5.41) is 5.45. The molecule has 4 aromatic carbocycles. The van der Waals surface area contributed by atoms with Crippen LogP contribution in [0.15, 0.2) is 109 Å². The maximum Gasteiger partial charge on any atom is 0.407 e. The summed E-state index contributed by atoms with van der Waals surface area (Å²) in [6, 6.07) is 32.9. The van der Waals surface area contributed by atoms with Crippen LogP contribution >= 0.6 is 0 Å². The maximum absolute atomic E-state index is 13.4. The molecule has 202 valence electrons. The highest BCUT2D eigenvalue weighted by molar-refractivity contribution is 5.91. The van der Waals surface area contributed by atoms with E-state index in [2.05, 4.69) is 22.8 Å². The van der Waals surface area contributed by atoms with Crippen molar-refractivity contribution in [3.8, 4) is 11.1 Å². The van der Waals surface area contributed by atoms with E-state index in [0.717, 1.165) is 33.4 Å². The highest BCUT2D eigenvalue weighted by Crippen LogP contribution is 2.44. The van der Waals surface area contributed by atoms with E-state index < -0.39 is 30.0 Å². The van der Waals surface area contributed by atoms with Crippen molar-refractivity contribution in [2.45, 2.75) is 30.8 Å². The van der Waals surface area contributed by atoms with Crippen LogP contribution in [0.5, 0.6) is 0 Å². The lowest BCUT2D eigenvalue weighted by Gasteiger charge is -2.22. The van der Waals surface area contributed by atoms with Crippen LogP contribution < -0.4 is 16.4 Å². The zero-order valence-electron chi connectivity index (χ0n) is 22.0. The second kappa shape index (κ2) is 12.3. The van der Waals surface area contributed by atoms with Gasteiger partial charge < -0.3 is 21.1 Å². The van der Waals surface area contributed by atoms with E-state index >= 15 is 0 Å². The van der Waals surface area contributed by atoms with Crippen LogP contribution in [0.1, 0.15) is 28.2 Å². The Labute approximate surface area is 233 Å². The van der Waals surface area contributed by atoms with E-state index in [0.29, 0.717) is 0 Å². The van der Waals surface area contributed by atoms with Gasteiger partial charge in [0.05, 0.1) is 0 Å². The molecule has 4 N–H and O–H groups in total. The molecule has 2 atom stereocenters. The minimum Gasteiger partial charge on any atom is -0.449 e. The van der Waals surface area contributed by atoms with Crippen molar-refractivity contribution in [1.29, 1.82) is 0 Å². The monoisotopic (exact) mass is 533 g/mol. The molecule has 0 saturated heterocycles. The molecule has 0 aromatic heterocycles. The average Bonchev–Trinajstić information content (AvgIpc) is 3.30. The maximum atomic E-state index is 13.4. The van der Waals surface area contributed by atoms with E-state index in [4.69, 9.17) is 10.5 Å². The SMILES string of the molecule is NC(=O)C(Cc1ccccc1)NC(=O)C(Cc1ccccc1)NC(=O)OCC1c2ccccc2-c2ccccc21. The number of fused-ring (bicyclic) bond motifs is 3. The van der Waals surface area contributed by atoms with Gasteiger partial charge in [-0.3, -0.25) is 9.59 Å². The molecule has 4 aromatic rings. The summed E-state index contributed by atoms with van der Waals surface area (Å²) < 4.78 is 5.68. The first kappa shape index (κ1) is 26.7. The van der Waals surface area contributed by atoms with Crippen LogP contribution in [0.4, 0.5) is 4.79 Å². The van der Waals surface area contributed by atoms with E-state index in [-0.39, 0.29) is 25.4 Å². The zero-order chi connectivity index (χ0) is 27.9. The number of benzene rings is 4. The molecule has 40 heavy (non-hydrogen) atoms. The molecule has 0 aliphatic heterocycles. The summed E-state index contributed by atoms with van der Waals surface area (Å²) in [7, 11) is 0. The number of carbonyl (C=O) groups excluding carboxylic acids is 3. The van der Waals surface area contributed by atoms with Gasteiger partial charge in [0.1, 0.15) is 18.7 Å². The van der Waals surface area contributed by atoms with Crippen molar-refractivity contribution in [2.75, 3.05) is 6.61 Å². The van der Waals surface area contributed by atoms with E-state index in [1.54, 1.807) is 0 Å². The summed E-state index contributed by atoms with van der Waals surface area (Å²) in [5.74, 6) is -1.28. The van der Waals surface area contributed by atoms with Gasteiger partial charge in [-0.25, -0.2) is 4.79 Å². The Morgan fingerprint density at radius 2 is 1.12 bits per heavy atom. The first-order valence-corrected chi connectivity index (χ1v) is 13.3. The van der Waals surface area contributed by atoms with Gasteiger partial charge >= 0.3 is 6.09 Å². The third-order valence-electron chi connectivity index (χ3n) is 7.18. The van der Waals surface area contributed by atoms with Crippen molar-refractivity contribution >= 4 is 17.9 Å². The summed E-state index contributed by atoms with van der Waals surface area (Å²) in [4.78, 5) is 38.6. The largest absolute Gasteiger partial charge is 0.449 e. The van der Waals surface area contributed by atoms with E-state index in [1.807, 2.05) is 97.1 Å². The molecule has 0 bridgehead atoms. The highest BCUT2D eigenvalue weighted by Gasteiger charge is 2.30. The Kier molecular flexibility index (Phi) is 8.21. The third-order valence-corrected chi connectivity index (χ3v) is 7.18. The molecular formula is C33H31N3O4. The van der Waals surface area contributed by atoms with Gasteiger partial charge in [-0.15, -0.1) is 0 Å². The number of ether oxygens (including phenoxy) is 1. The van der Waals surface area contributed by atoms with Crippen molar-refractivity contribution in [3.63, 3.8) is 0 Å². The van der Waals surface area contributed by atoms with Crippen molar-refractivity contribution in [3.05, 3.63) is 131 Å².